The third-order valence-electron chi connectivity index (χ3n) is 4.26. The number of nitrogens with zero attached hydrogens (tertiary/aromatic N) is 1. The first-order valence-corrected chi connectivity index (χ1v) is 7.63. The number of benzene rings is 2. The summed E-state index contributed by atoms with van der Waals surface area (Å²) in [4.78, 5) is 0. The average molecular weight is 317 g/mol. The molecule has 3 rings (SSSR count). The molecule has 0 bridgehead atoms. The predicted octanol–water partition coefficient (Wildman–Crippen LogP) is 4.39. The maximum absolute atomic E-state index is 3.53. The summed E-state index contributed by atoms with van der Waals surface area (Å²) in [6.45, 7) is 2.55. The summed E-state index contributed by atoms with van der Waals surface area (Å²) in [5.41, 5.74) is 2.84. The largest absolute Gasteiger partial charge is 0.316 e. The molecule has 1 heterocycles. The summed E-state index contributed by atoms with van der Waals surface area (Å²) in [6, 6.07) is 20.2. The lowest BCUT2D eigenvalue weighted by molar-refractivity contribution is -0.969. The molecule has 0 radical (unpaired) electrons. The Morgan fingerprint density at radius 1 is 0.895 bits per heavy atom. The number of hydrogen-bond acceptors (Lipinski definition) is 0. The summed E-state index contributed by atoms with van der Waals surface area (Å²) < 4.78 is 2.28. The molecule has 0 saturated carbocycles. The highest BCUT2D eigenvalue weighted by Crippen LogP contribution is 2.38. The number of rotatable bonds is 3. The van der Waals surface area contributed by atoms with Gasteiger partial charge in [0, 0.05) is 22.0 Å². The molecule has 0 spiro atoms. The van der Waals surface area contributed by atoms with Crippen LogP contribution in [-0.4, -0.2) is 24.6 Å². The highest BCUT2D eigenvalue weighted by molar-refractivity contribution is 9.10. The van der Waals surface area contributed by atoms with E-state index in [2.05, 4.69) is 77.6 Å². The van der Waals surface area contributed by atoms with Crippen LogP contribution in [0.15, 0.2) is 59.1 Å². The molecule has 1 saturated heterocycles. The van der Waals surface area contributed by atoms with Crippen LogP contribution in [0.1, 0.15) is 23.6 Å². The quantitative estimate of drug-likeness (QED) is 0.737. The molecule has 1 aliphatic heterocycles. The van der Waals surface area contributed by atoms with E-state index in [1.54, 1.807) is 0 Å². The number of likely N-dealkylation sites (tertiary alicyclic amines) is 1. The summed E-state index contributed by atoms with van der Waals surface area (Å²) in [5.74, 6) is 0. The van der Waals surface area contributed by atoms with Crippen LogP contribution in [0.5, 0.6) is 0 Å². The van der Waals surface area contributed by atoms with E-state index in [0.29, 0.717) is 6.04 Å². The Hall–Kier alpha value is -1.12. The van der Waals surface area contributed by atoms with E-state index in [1.807, 2.05) is 0 Å². The summed E-state index contributed by atoms with van der Waals surface area (Å²) in [7, 11) is 2.38. The Bertz CT molecular complexity index is 543. The second-order valence-electron chi connectivity index (χ2n) is 5.64. The smallest absolute Gasteiger partial charge is 0.140 e. The molecule has 98 valence electrons. The minimum absolute atomic E-state index is 0.461. The minimum atomic E-state index is 0.461. The third-order valence-corrected chi connectivity index (χ3v) is 4.79. The Kier molecular flexibility index (Phi) is 3.46. The molecule has 1 unspecified atom stereocenters. The molecule has 19 heavy (non-hydrogen) atoms. The predicted molar refractivity (Wildman–Crippen MR) is 83.0 cm³/mol. The molecule has 0 aliphatic carbocycles. The molecule has 1 nitrogen and oxygen atoms in total. The van der Waals surface area contributed by atoms with Crippen LogP contribution in [0, 0.1) is 0 Å². The molecule has 0 amide bonds. The van der Waals surface area contributed by atoms with E-state index in [0.717, 1.165) is 8.96 Å². The van der Waals surface area contributed by atoms with Crippen LogP contribution in [0.3, 0.4) is 0 Å². The second kappa shape index (κ2) is 5.10. The molecule has 1 aliphatic rings. The number of hydrogen-bond donors (Lipinski definition) is 0. The Morgan fingerprint density at radius 2 is 1.47 bits per heavy atom. The summed E-state index contributed by atoms with van der Waals surface area (Å²) in [5, 5.41) is 0. The van der Waals surface area contributed by atoms with Gasteiger partial charge in [-0.05, 0) is 12.1 Å². The topological polar surface area (TPSA) is 0 Å². The molecule has 1 fully saturated rings. The van der Waals surface area contributed by atoms with Gasteiger partial charge in [-0.25, -0.2) is 0 Å². The zero-order valence-corrected chi connectivity index (χ0v) is 12.8. The van der Waals surface area contributed by atoms with E-state index >= 15 is 0 Å². The monoisotopic (exact) mass is 316 g/mol. The number of halogens is 1. The Balaban J connectivity index is 2.04. The van der Waals surface area contributed by atoms with Crippen molar-refractivity contribution in [2.75, 3.05) is 20.1 Å². The van der Waals surface area contributed by atoms with Gasteiger partial charge in [-0.2, -0.15) is 0 Å². The van der Waals surface area contributed by atoms with Crippen LogP contribution in [0.4, 0.5) is 0 Å². The second-order valence-corrected chi connectivity index (χ2v) is 6.56. The van der Waals surface area contributed by atoms with Gasteiger partial charge in [-0.15, -0.1) is 0 Å². The lowest BCUT2D eigenvalue weighted by Crippen LogP contribution is -2.56. The zero-order chi connectivity index (χ0) is 13.3. The first-order chi connectivity index (χ1) is 9.19. The first-order valence-electron chi connectivity index (χ1n) is 6.84. The van der Waals surface area contributed by atoms with Crippen LogP contribution in [0.25, 0.3) is 0 Å². The molecule has 0 aromatic heterocycles. The van der Waals surface area contributed by atoms with E-state index in [-0.39, 0.29) is 0 Å². The van der Waals surface area contributed by atoms with Crippen molar-refractivity contribution in [3.63, 3.8) is 0 Å². The van der Waals surface area contributed by atoms with Gasteiger partial charge in [0.15, 0.2) is 0 Å². The molecular formula is C17H19BrN+. The first kappa shape index (κ1) is 12.9. The van der Waals surface area contributed by atoms with Crippen LogP contribution in [-0.2, 0) is 0 Å². The van der Waals surface area contributed by atoms with Gasteiger partial charge < -0.3 is 4.48 Å². The highest BCUT2D eigenvalue weighted by atomic mass is 79.9. The highest BCUT2D eigenvalue weighted by Gasteiger charge is 2.40. The standard InChI is InChI=1S/C17H19BrN/c1-19(12-5-13-19)17(14-6-3-2-4-7-14)15-8-10-16(18)11-9-15/h2-4,6-11,17H,5,12-13H2,1H3/q+1. The maximum atomic E-state index is 3.53. The van der Waals surface area contributed by atoms with Crippen molar-refractivity contribution in [1.82, 2.24) is 0 Å². The van der Waals surface area contributed by atoms with Gasteiger partial charge in [0.2, 0.25) is 0 Å². The lowest BCUT2D eigenvalue weighted by atomic mass is 9.92. The van der Waals surface area contributed by atoms with E-state index < -0.39 is 0 Å². The third kappa shape index (κ3) is 2.47. The van der Waals surface area contributed by atoms with E-state index in [1.165, 1.54) is 30.6 Å². The fourth-order valence-electron chi connectivity index (χ4n) is 3.11. The van der Waals surface area contributed by atoms with Crippen molar-refractivity contribution >= 4 is 15.9 Å². The van der Waals surface area contributed by atoms with Crippen molar-refractivity contribution in [2.24, 2.45) is 0 Å². The minimum Gasteiger partial charge on any atom is -0.316 e. The molecule has 2 heteroatoms. The molecule has 2 aromatic rings. The molecule has 0 N–H and O–H groups in total. The van der Waals surface area contributed by atoms with Gasteiger partial charge >= 0.3 is 0 Å². The molecule has 1 atom stereocenters. The van der Waals surface area contributed by atoms with Crippen molar-refractivity contribution in [3.05, 3.63) is 70.2 Å². The fourth-order valence-corrected chi connectivity index (χ4v) is 3.37. The average Bonchev–Trinajstić information content (AvgIpc) is 2.41. The summed E-state index contributed by atoms with van der Waals surface area (Å²) >= 11 is 3.53. The maximum Gasteiger partial charge on any atom is 0.140 e. The molecular weight excluding hydrogens is 298 g/mol. The number of quaternary nitrogens is 1. The van der Waals surface area contributed by atoms with Crippen molar-refractivity contribution < 1.29 is 4.48 Å². The Labute approximate surface area is 123 Å². The van der Waals surface area contributed by atoms with Gasteiger partial charge in [0.05, 0.1) is 20.1 Å². The van der Waals surface area contributed by atoms with Crippen LogP contribution < -0.4 is 0 Å². The van der Waals surface area contributed by atoms with E-state index in [4.69, 9.17) is 0 Å². The van der Waals surface area contributed by atoms with Crippen molar-refractivity contribution in [3.8, 4) is 0 Å². The van der Waals surface area contributed by atoms with Crippen LogP contribution >= 0.6 is 15.9 Å². The van der Waals surface area contributed by atoms with Crippen molar-refractivity contribution in [2.45, 2.75) is 12.5 Å². The zero-order valence-electron chi connectivity index (χ0n) is 11.2. The molecule has 2 aromatic carbocycles. The fraction of sp³-hybridized carbons (Fsp3) is 0.294. The lowest BCUT2D eigenvalue weighted by Gasteiger charge is -2.48. The van der Waals surface area contributed by atoms with E-state index in [9.17, 15) is 0 Å². The van der Waals surface area contributed by atoms with Crippen LogP contribution in [0.2, 0.25) is 0 Å². The van der Waals surface area contributed by atoms with Gasteiger partial charge in [-0.3, -0.25) is 0 Å². The van der Waals surface area contributed by atoms with Crippen molar-refractivity contribution in [1.29, 1.82) is 0 Å². The van der Waals surface area contributed by atoms with Gasteiger partial charge in [0.1, 0.15) is 6.04 Å². The normalized spacial score (nSPS) is 18.6. The SMILES string of the molecule is C[N+]1(C(c2ccccc2)c2ccc(Br)cc2)CCC1. The Morgan fingerprint density at radius 3 is 2.00 bits per heavy atom. The summed E-state index contributed by atoms with van der Waals surface area (Å²) in [6.07, 6.45) is 1.34. The van der Waals surface area contributed by atoms with Gasteiger partial charge in [0.25, 0.3) is 0 Å². The van der Waals surface area contributed by atoms with Gasteiger partial charge in [-0.1, -0.05) is 58.4 Å².